The zero-order valence-electron chi connectivity index (χ0n) is 10.9. The second-order valence-electron chi connectivity index (χ2n) is 4.71. The summed E-state index contributed by atoms with van der Waals surface area (Å²) in [6.07, 6.45) is 5.60. The molecule has 1 amide bonds. The molecule has 5 heteroatoms. The van der Waals surface area contributed by atoms with Crippen LogP contribution in [0.5, 0.6) is 0 Å². The van der Waals surface area contributed by atoms with E-state index in [1.54, 1.807) is 22.7 Å². The van der Waals surface area contributed by atoms with Crippen molar-refractivity contribution in [2.45, 2.75) is 39.0 Å². The molecule has 0 unspecified atom stereocenters. The van der Waals surface area contributed by atoms with Gasteiger partial charge in [-0.05, 0) is 38.2 Å². The van der Waals surface area contributed by atoms with Crippen LogP contribution < -0.4 is 5.32 Å². The van der Waals surface area contributed by atoms with E-state index in [1.807, 2.05) is 11.4 Å². The highest BCUT2D eigenvalue weighted by Crippen LogP contribution is 2.30. The average Bonchev–Trinajstić information content (AvgIpc) is 3.04. The van der Waals surface area contributed by atoms with Crippen LogP contribution in [-0.2, 0) is 19.3 Å². The molecule has 0 atom stereocenters. The lowest BCUT2D eigenvalue weighted by Gasteiger charge is -2.06. The first-order chi connectivity index (χ1) is 9.26. The van der Waals surface area contributed by atoms with Crippen molar-refractivity contribution < 1.29 is 4.79 Å². The molecule has 1 aliphatic carbocycles. The monoisotopic (exact) mass is 292 g/mol. The summed E-state index contributed by atoms with van der Waals surface area (Å²) >= 11 is 3.27. The Balaban J connectivity index is 1.73. The second kappa shape index (κ2) is 5.43. The van der Waals surface area contributed by atoms with E-state index in [2.05, 4.69) is 17.2 Å². The molecule has 1 aliphatic rings. The van der Waals surface area contributed by atoms with Crippen LogP contribution in [0.2, 0.25) is 0 Å². The summed E-state index contributed by atoms with van der Waals surface area (Å²) in [5.41, 5.74) is 1.93. The van der Waals surface area contributed by atoms with Crippen molar-refractivity contribution >= 4 is 33.7 Å². The van der Waals surface area contributed by atoms with E-state index in [9.17, 15) is 4.79 Å². The molecule has 0 aromatic carbocycles. The van der Waals surface area contributed by atoms with Gasteiger partial charge in [-0.1, -0.05) is 6.92 Å². The standard InChI is InChI=1S/C14H16N2OS2/c1-2-10-7-9(8-18-10)13(17)16-14-15-11-5-3-4-6-12(11)19-14/h7-8H,2-6H2,1H3,(H,15,16,17). The van der Waals surface area contributed by atoms with Crippen molar-refractivity contribution in [2.75, 3.05) is 5.32 Å². The van der Waals surface area contributed by atoms with Gasteiger partial charge in [0.25, 0.3) is 5.91 Å². The van der Waals surface area contributed by atoms with E-state index < -0.39 is 0 Å². The number of amides is 1. The average molecular weight is 292 g/mol. The Kier molecular flexibility index (Phi) is 3.66. The van der Waals surface area contributed by atoms with Gasteiger partial charge in [-0.2, -0.15) is 0 Å². The highest BCUT2D eigenvalue weighted by atomic mass is 32.1. The Labute approximate surface area is 120 Å². The van der Waals surface area contributed by atoms with E-state index >= 15 is 0 Å². The predicted octanol–water partition coefficient (Wildman–Crippen LogP) is 3.90. The molecule has 0 spiro atoms. The molecule has 0 radical (unpaired) electrons. The van der Waals surface area contributed by atoms with Crippen LogP contribution in [0.25, 0.3) is 0 Å². The number of thiazole rings is 1. The normalized spacial score (nSPS) is 14.2. The fourth-order valence-corrected chi connectivity index (χ4v) is 4.12. The summed E-state index contributed by atoms with van der Waals surface area (Å²) in [6.45, 7) is 2.10. The molecular weight excluding hydrogens is 276 g/mol. The van der Waals surface area contributed by atoms with Crippen LogP contribution in [0, 0.1) is 0 Å². The third-order valence-electron chi connectivity index (χ3n) is 3.33. The molecule has 0 aliphatic heterocycles. The first-order valence-electron chi connectivity index (χ1n) is 6.63. The minimum atomic E-state index is -0.0398. The van der Waals surface area contributed by atoms with Gasteiger partial charge >= 0.3 is 0 Å². The predicted molar refractivity (Wildman–Crippen MR) is 80.4 cm³/mol. The van der Waals surface area contributed by atoms with Gasteiger partial charge in [0.2, 0.25) is 0 Å². The molecule has 3 rings (SSSR count). The molecule has 3 nitrogen and oxygen atoms in total. The zero-order chi connectivity index (χ0) is 13.2. The lowest BCUT2D eigenvalue weighted by atomic mass is 10.0. The van der Waals surface area contributed by atoms with Gasteiger partial charge in [-0.15, -0.1) is 22.7 Å². The maximum atomic E-state index is 12.1. The number of anilines is 1. The molecule has 2 aromatic heterocycles. The van der Waals surface area contributed by atoms with E-state index in [1.165, 1.54) is 28.3 Å². The molecule has 2 heterocycles. The minimum absolute atomic E-state index is 0.0398. The van der Waals surface area contributed by atoms with Gasteiger partial charge in [0.15, 0.2) is 5.13 Å². The Morgan fingerprint density at radius 1 is 1.42 bits per heavy atom. The highest BCUT2D eigenvalue weighted by Gasteiger charge is 2.17. The van der Waals surface area contributed by atoms with Gasteiger partial charge in [0.05, 0.1) is 11.3 Å². The quantitative estimate of drug-likeness (QED) is 0.932. The molecule has 100 valence electrons. The number of hydrogen-bond acceptors (Lipinski definition) is 4. The van der Waals surface area contributed by atoms with Crippen molar-refractivity contribution in [3.8, 4) is 0 Å². The topological polar surface area (TPSA) is 42.0 Å². The molecule has 2 aromatic rings. The number of nitrogens with zero attached hydrogens (tertiary/aromatic N) is 1. The molecule has 19 heavy (non-hydrogen) atoms. The minimum Gasteiger partial charge on any atom is -0.298 e. The largest absolute Gasteiger partial charge is 0.298 e. The van der Waals surface area contributed by atoms with E-state index in [0.29, 0.717) is 0 Å². The summed E-state index contributed by atoms with van der Waals surface area (Å²) < 4.78 is 0. The number of fused-ring (bicyclic) bond motifs is 1. The van der Waals surface area contributed by atoms with Gasteiger partial charge in [0.1, 0.15) is 0 Å². The van der Waals surface area contributed by atoms with Crippen molar-refractivity contribution in [3.63, 3.8) is 0 Å². The summed E-state index contributed by atoms with van der Waals surface area (Å²) in [5, 5.41) is 5.60. The van der Waals surface area contributed by atoms with Gasteiger partial charge in [-0.25, -0.2) is 4.98 Å². The lowest BCUT2D eigenvalue weighted by Crippen LogP contribution is -2.10. The number of aryl methyl sites for hydroxylation is 3. The Hall–Kier alpha value is -1.20. The van der Waals surface area contributed by atoms with Crippen LogP contribution in [-0.4, -0.2) is 10.9 Å². The number of carbonyl (C=O) groups is 1. The number of thiophene rings is 1. The maximum Gasteiger partial charge on any atom is 0.258 e. The molecule has 0 fully saturated rings. The van der Waals surface area contributed by atoms with Crippen molar-refractivity contribution in [2.24, 2.45) is 0 Å². The molecule has 0 saturated heterocycles. The van der Waals surface area contributed by atoms with Crippen LogP contribution in [0.4, 0.5) is 5.13 Å². The molecular formula is C14H16N2OS2. The van der Waals surface area contributed by atoms with Crippen molar-refractivity contribution in [1.29, 1.82) is 0 Å². The first-order valence-corrected chi connectivity index (χ1v) is 8.33. The number of rotatable bonds is 3. The molecule has 0 bridgehead atoms. The van der Waals surface area contributed by atoms with E-state index in [4.69, 9.17) is 0 Å². The Morgan fingerprint density at radius 2 is 2.26 bits per heavy atom. The third-order valence-corrected chi connectivity index (χ3v) is 5.48. The van der Waals surface area contributed by atoms with Crippen LogP contribution in [0.3, 0.4) is 0 Å². The van der Waals surface area contributed by atoms with Crippen molar-refractivity contribution in [3.05, 3.63) is 32.5 Å². The maximum absolute atomic E-state index is 12.1. The zero-order valence-corrected chi connectivity index (χ0v) is 12.5. The van der Waals surface area contributed by atoms with Crippen LogP contribution >= 0.6 is 22.7 Å². The van der Waals surface area contributed by atoms with E-state index in [-0.39, 0.29) is 5.91 Å². The van der Waals surface area contributed by atoms with E-state index in [0.717, 1.165) is 30.0 Å². The first kappa shape index (κ1) is 12.8. The van der Waals surface area contributed by atoms with Crippen LogP contribution in [0.15, 0.2) is 11.4 Å². The summed E-state index contributed by atoms with van der Waals surface area (Å²) in [4.78, 5) is 19.2. The van der Waals surface area contributed by atoms with Gasteiger partial charge < -0.3 is 0 Å². The number of hydrogen-bond donors (Lipinski definition) is 1. The molecule has 0 saturated carbocycles. The summed E-state index contributed by atoms with van der Waals surface area (Å²) in [6, 6.07) is 1.97. The smallest absolute Gasteiger partial charge is 0.258 e. The SMILES string of the molecule is CCc1cc(C(=O)Nc2nc3c(s2)CCCC3)cs1. The fraction of sp³-hybridized carbons (Fsp3) is 0.429. The van der Waals surface area contributed by atoms with Crippen LogP contribution in [0.1, 0.15) is 45.6 Å². The fourth-order valence-electron chi connectivity index (χ4n) is 2.26. The number of nitrogens with one attached hydrogen (secondary N) is 1. The molecule has 1 N–H and O–H groups in total. The lowest BCUT2D eigenvalue weighted by molar-refractivity contribution is 0.102. The Bertz CT molecular complexity index is 577. The second-order valence-corrected chi connectivity index (χ2v) is 6.78. The number of carbonyl (C=O) groups excluding carboxylic acids is 1. The van der Waals surface area contributed by atoms with Gasteiger partial charge in [-0.3, -0.25) is 10.1 Å². The summed E-state index contributed by atoms with van der Waals surface area (Å²) in [7, 11) is 0. The highest BCUT2D eigenvalue weighted by molar-refractivity contribution is 7.16. The summed E-state index contributed by atoms with van der Waals surface area (Å²) in [5.74, 6) is -0.0398. The Morgan fingerprint density at radius 3 is 3.00 bits per heavy atom. The van der Waals surface area contributed by atoms with Crippen molar-refractivity contribution in [1.82, 2.24) is 4.98 Å². The number of aromatic nitrogens is 1. The third kappa shape index (κ3) is 2.72. The van der Waals surface area contributed by atoms with Gasteiger partial charge in [0, 0.05) is 15.1 Å².